The first-order valence-corrected chi connectivity index (χ1v) is 6.85. The minimum absolute atomic E-state index is 0.0130. The van der Waals surface area contributed by atoms with Gasteiger partial charge in [-0.2, -0.15) is 4.39 Å². The molecule has 1 heterocycles. The largest absolute Gasteiger partial charge is 0.348 e. The zero-order valence-corrected chi connectivity index (χ0v) is 12.8. The lowest BCUT2D eigenvalue weighted by molar-refractivity contribution is 0.0946. The first-order valence-electron chi connectivity index (χ1n) is 6.85. The maximum absolute atomic E-state index is 13.5. The van der Waals surface area contributed by atoms with E-state index in [1.165, 1.54) is 10.9 Å². The maximum atomic E-state index is 13.5. The number of hydrogen-bond acceptors (Lipinski definition) is 2. The number of carbonyl (C=O) groups is 1. The molecule has 0 bridgehead atoms. The molecule has 0 radical (unpaired) electrons. The van der Waals surface area contributed by atoms with E-state index in [4.69, 9.17) is 0 Å². The molecular formula is C16H20FN3O. The average Bonchev–Trinajstić information content (AvgIpc) is 2.74. The number of carbonyl (C=O) groups excluding carboxylic acids is 1. The standard InChI is InChI=1S/C16H20FN3O/c1-16(2,3)13-8-6-5-7-11(13)9-18-15(21)12-10-20(4)19-14(12)17/h5-8,10H,9H2,1-4H3,(H,18,21). The fraction of sp³-hybridized carbons (Fsp3) is 0.375. The molecule has 0 fully saturated rings. The van der Waals surface area contributed by atoms with Gasteiger partial charge < -0.3 is 5.32 Å². The van der Waals surface area contributed by atoms with Crippen molar-refractivity contribution < 1.29 is 9.18 Å². The Balaban J connectivity index is 2.14. The summed E-state index contributed by atoms with van der Waals surface area (Å²) >= 11 is 0. The Hall–Kier alpha value is -2.17. The molecule has 1 aromatic carbocycles. The van der Waals surface area contributed by atoms with Gasteiger partial charge in [0.2, 0.25) is 5.95 Å². The summed E-state index contributed by atoms with van der Waals surface area (Å²) in [6, 6.07) is 7.93. The van der Waals surface area contributed by atoms with Crippen LogP contribution in [0.5, 0.6) is 0 Å². The van der Waals surface area contributed by atoms with Crippen molar-refractivity contribution in [3.63, 3.8) is 0 Å². The van der Waals surface area contributed by atoms with E-state index in [1.807, 2.05) is 24.3 Å². The molecule has 0 aliphatic rings. The number of aryl methyl sites for hydroxylation is 1. The lowest BCUT2D eigenvalue weighted by Gasteiger charge is -2.23. The van der Waals surface area contributed by atoms with Crippen molar-refractivity contribution >= 4 is 5.91 Å². The molecule has 1 N–H and O–H groups in total. The summed E-state index contributed by atoms with van der Waals surface area (Å²) in [5.41, 5.74) is 2.14. The molecule has 5 heteroatoms. The molecule has 0 aliphatic heterocycles. The normalized spacial score (nSPS) is 11.5. The lowest BCUT2D eigenvalue weighted by atomic mass is 9.84. The molecule has 4 nitrogen and oxygen atoms in total. The Morgan fingerprint density at radius 1 is 1.33 bits per heavy atom. The van der Waals surface area contributed by atoms with Crippen LogP contribution in [0.4, 0.5) is 4.39 Å². The van der Waals surface area contributed by atoms with Gasteiger partial charge in [-0.25, -0.2) is 0 Å². The van der Waals surface area contributed by atoms with E-state index >= 15 is 0 Å². The zero-order valence-electron chi connectivity index (χ0n) is 12.8. The van der Waals surface area contributed by atoms with Crippen LogP contribution in [0.25, 0.3) is 0 Å². The quantitative estimate of drug-likeness (QED) is 0.944. The van der Waals surface area contributed by atoms with Crippen LogP contribution in [-0.2, 0) is 19.0 Å². The van der Waals surface area contributed by atoms with Crippen LogP contribution in [0.1, 0.15) is 42.3 Å². The Kier molecular flexibility index (Phi) is 4.11. The molecule has 0 unspecified atom stereocenters. The molecule has 0 saturated carbocycles. The maximum Gasteiger partial charge on any atom is 0.257 e. The summed E-state index contributed by atoms with van der Waals surface area (Å²) in [5, 5.41) is 6.28. The summed E-state index contributed by atoms with van der Waals surface area (Å²) in [5.74, 6) is -1.21. The van der Waals surface area contributed by atoms with E-state index in [2.05, 4.69) is 31.2 Å². The second-order valence-electron chi connectivity index (χ2n) is 6.10. The van der Waals surface area contributed by atoms with Gasteiger partial charge in [0.25, 0.3) is 5.91 Å². The highest BCUT2D eigenvalue weighted by Crippen LogP contribution is 2.25. The van der Waals surface area contributed by atoms with Crippen molar-refractivity contribution in [1.29, 1.82) is 0 Å². The van der Waals surface area contributed by atoms with Gasteiger partial charge in [-0.1, -0.05) is 45.0 Å². The number of nitrogens with one attached hydrogen (secondary N) is 1. The first kappa shape index (κ1) is 15.2. The van der Waals surface area contributed by atoms with Gasteiger partial charge in [0.1, 0.15) is 5.56 Å². The molecule has 2 rings (SSSR count). The second kappa shape index (κ2) is 5.68. The van der Waals surface area contributed by atoms with E-state index in [0.717, 1.165) is 11.1 Å². The van der Waals surface area contributed by atoms with Gasteiger partial charge >= 0.3 is 0 Å². The molecular weight excluding hydrogens is 269 g/mol. The predicted molar refractivity (Wildman–Crippen MR) is 79.5 cm³/mol. The fourth-order valence-corrected chi connectivity index (χ4v) is 2.29. The van der Waals surface area contributed by atoms with Crippen LogP contribution >= 0.6 is 0 Å². The third-order valence-corrected chi connectivity index (χ3v) is 3.29. The van der Waals surface area contributed by atoms with Gasteiger partial charge in [0.15, 0.2) is 0 Å². The fourth-order valence-electron chi connectivity index (χ4n) is 2.29. The highest BCUT2D eigenvalue weighted by molar-refractivity contribution is 5.93. The van der Waals surface area contributed by atoms with Gasteiger partial charge in [-0.3, -0.25) is 9.48 Å². The third kappa shape index (κ3) is 3.48. The smallest absolute Gasteiger partial charge is 0.257 e. The molecule has 0 saturated heterocycles. The number of halogens is 1. The monoisotopic (exact) mass is 289 g/mol. The number of aromatic nitrogens is 2. The van der Waals surface area contributed by atoms with Crippen molar-refractivity contribution in [2.24, 2.45) is 7.05 Å². The Morgan fingerprint density at radius 2 is 2.00 bits per heavy atom. The van der Waals surface area contributed by atoms with Gasteiger partial charge in [-0.05, 0) is 16.5 Å². The minimum Gasteiger partial charge on any atom is -0.348 e. The zero-order chi connectivity index (χ0) is 15.6. The Labute approximate surface area is 124 Å². The van der Waals surface area contributed by atoms with Crippen LogP contribution in [0.2, 0.25) is 0 Å². The van der Waals surface area contributed by atoms with Crippen molar-refractivity contribution in [2.45, 2.75) is 32.7 Å². The minimum atomic E-state index is -0.751. The van der Waals surface area contributed by atoms with E-state index in [-0.39, 0.29) is 11.0 Å². The highest BCUT2D eigenvalue weighted by atomic mass is 19.1. The second-order valence-corrected chi connectivity index (χ2v) is 6.10. The Morgan fingerprint density at radius 3 is 2.57 bits per heavy atom. The number of nitrogens with zero attached hydrogens (tertiary/aromatic N) is 2. The summed E-state index contributed by atoms with van der Waals surface area (Å²) in [6.07, 6.45) is 1.38. The molecule has 1 amide bonds. The van der Waals surface area contributed by atoms with Crippen LogP contribution in [0, 0.1) is 5.95 Å². The Bertz CT molecular complexity index is 656. The van der Waals surface area contributed by atoms with Gasteiger partial charge in [0.05, 0.1) is 0 Å². The van der Waals surface area contributed by atoms with E-state index < -0.39 is 11.9 Å². The van der Waals surface area contributed by atoms with Crippen LogP contribution in [0.3, 0.4) is 0 Å². The number of hydrogen-bond donors (Lipinski definition) is 1. The topological polar surface area (TPSA) is 46.9 Å². The SMILES string of the molecule is Cn1cc(C(=O)NCc2ccccc2C(C)(C)C)c(F)n1. The van der Waals surface area contributed by atoms with Crippen molar-refractivity contribution in [1.82, 2.24) is 15.1 Å². The summed E-state index contributed by atoms with van der Waals surface area (Å²) in [7, 11) is 1.58. The number of amides is 1. The van der Waals surface area contributed by atoms with E-state index in [0.29, 0.717) is 6.54 Å². The van der Waals surface area contributed by atoms with Crippen molar-refractivity contribution in [3.8, 4) is 0 Å². The van der Waals surface area contributed by atoms with Crippen LogP contribution in [0.15, 0.2) is 30.5 Å². The highest BCUT2D eigenvalue weighted by Gasteiger charge is 2.19. The molecule has 2 aromatic rings. The predicted octanol–water partition coefficient (Wildman–Crippen LogP) is 2.79. The first-order chi connectivity index (χ1) is 9.79. The molecule has 21 heavy (non-hydrogen) atoms. The van der Waals surface area contributed by atoms with Gasteiger partial charge in [0, 0.05) is 19.8 Å². The van der Waals surface area contributed by atoms with Gasteiger partial charge in [-0.15, -0.1) is 5.10 Å². The van der Waals surface area contributed by atoms with Crippen LogP contribution in [-0.4, -0.2) is 15.7 Å². The summed E-state index contributed by atoms with van der Waals surface area (Å²) in [6.45, 7) is 6.72. The molecule has 0 spiro atoms. The summed E-state index contributed by atoms with van der Waals surface area (Å²) in [4.78, 5) is 12.0. The lowest BCUT2D eigenvalue weighted by Crippen LogP contribution is -2.25. The van der Waals surface area contributed by atoms with Crippen molar-refractivity contribution in [3.05, 3.63) is 53.1 Å². The molecule has 1 aromatic heterocycles. The third-order valence-electron chi connectivity index (χ3n) is 3.29. The molecule has 112 valence electrons. The number of rotatable bonds is 3. The van der Waals surface area contributed by atoms with E-state index in [1.54, 1.807) is 7.05 Å². The van der Waals surface area contributed by atoms with Crippen LogP contribution < -0.4 is 5.32 Å². The van der Waals surface area contributed by atoms with E-state index in [9.17, 15) is 9.18 Å². The molecule has 0 aliphatic carbocycles. The number of benzene rings is 1. The summed E-state index contributed by atoms with van der Waals surface area (Å²) < 4.78 is 14.7. The van der Waals surface area contributed by atoms with Crippen molar-refractivity contribution in [2.75, 3.05) is 0 Å². The molecule has 0 atom stereocenters. The average molecular weight is 289 g/mol.